The zero-order chi connectivity index (χ0) is 12.4. The van der Waals surface area contributed by atoms with Crippen molar-refractivity contribution >= 4 is 35.1 Å². The maximum absolute atomic E-state index is 11.8. The van der Waals surface area contributed by atoms with Crippen LogP contribution < -0.4 is 22.1 Å². The first-order chi connectivity index (χ1) is 8.08. The predicted octanol–water partition coefficient (Wildman–Crippen LogP) is -1.02. The van der Waals surface area contributed by atoms with Crippen LogP contribution in [0.2, 0.25) is 5.15 Å². The van der Waals surface area contributed by atoms with Gasteiger partial charge in [0.1, 0.15) is 0 Å². The molecule has 8 nitrogen and oxygen atoms in total. The molecule has 0 saturated carbocycles. The fraction of sp³-hybridized carbons (Fsp3) is 0.250. The summed E-state index contributed by atoms with van der Waals surface area (Å²) in [6, 6.07) is 0. The van der Waals surface area contributed by atoms with Crippen LogP contribution in [0.3, 0.4) is 0 Å². The number of guanidine groups is 1. The fourth-order valence-corrected chi connectivity index (χ4v) is 1.38. The van der Waals surface area contributed by atoms with Crippen molar-refractivity contribution in [2.24, 2.45) is 4.99 Å². The number of aliphatic imine (C=N–C) groups is 1. The van der Waals surface area contributed by atoms with Crippen LogP contribution in [0.25, 0.3) is 0 Å². The summed E-state index contributed by atoms with van der Waals surface area (Å²) < 4.78 is 0. The van der Waals surface area contributed by atoms with Gasteiger partial charge in [-0.15, -0.1) is 0 Å². The van der Waals surface area contributed by atoms with E-state index in [4.69, 9.17) is 23.1 Å². The molecule has 0 aliphatic carbocycles. The lowest BCUT2D eigenvalue weighted by atomic mass is 10.4. The summed E-state index contributed by atoms with van der Waals surface area (Å²) in [7, 11) is 0. The van der Waals surface area contributed by atoms with E-state index in [1.54, 1.807) is 0 Å². The highest BCUT2D eigenvalue weighted by atomic mass is 35.5. The minimum Gasteiger partial charge on any atom is -0.382 e. The molecule has 0 fully saturated rings. The van der Waals surface area contributed by atoms with Crippen LogP contribution in [0.1, 0.15) is 10.5 Å². The molecule has 1 amide bonds. The first kappa shape index (κ1) is 11.4. The third-order valence-electron chi connectivity index (χ3n) is 2.03. The molecule has 9 heteroatoms. The van der Waals surface area contributed by atoms with Gasteiger partial charge in [-0.05, 0) is 0 Å². The monoisotopic (exact) mass is 255 g/mol. The van der Waals surface area contributed by atoms with Crippen LogP contribution in [-0.2, 0) is 0 Å². The van der Waals surface area contributed by atoms with Crippen LogP contribution in [0, 0.1) is 0 Å². The summed E-state index contributed by atoms with van der Waals surface area (Å²) >= 11 is 5.67. The lowest BCUT2D eigenvalue weighted by molar-refractivity contribution is 0.0972. The summed E-state index contributed by atoms with van der Waals surface area (Å²) in [5.74, 6) is -0.255. The minimum atomic E-state index is -0.537. The highest BCUT2D eigenvalue weighted by Gasteiger charge is 2.18. The van der Waals surface area contributed by atoms with Crippen LogP contribution in [0.5, 0.6) is 0 Å². The topological polar surface area (TPSA) is 131 Å². The van der Waals surface area contributed by atoms with Gasteiger partial charge in [-0.1, -0.05) is 11.6 Å². The van der Waals surface area contributed by atoms with Crippen molar-refractivity contribution in [3.63, 3.8) is 0 Å². The second kappa shape index (κ2) is 4.42. The van der Waals surface area contributed by atoms with E-state index >= 15 is 0 Å². The van der Waals surface area contributed by atoms with Gasteiger partial charge in [-0.3, -0.25) is 15.1 Å². The van der Waals surface area contributed by atoms with E-state index < -0.39 is 5.91 Å². The van der Waals surface area contributed by atoms with E-state index in [0.29, 0.717) is 19.0 Å². The van der Waals surface area contributed by atoms with Gasteiger partial charge in [-0.2, -0.15) is 0 Å². The van der Waals surface area contributed by atoms with Gasteiger partial charge >= 0.3 is 0 Å². The quantitative estimate of drug-likeness (QED) is 0.508. The number of anilines is 2. The predicted molar refractivity (Wildman–Crippen MR) is 63.6 cm³/mol. The van der Waals surface area contributed by atoms with Gasteiger partial charge in [0, 0.05) is 6.54 Å². The molecule has 17 heavy (non-hydrogen) atoms. The van der Waals surface area contributed by atoms with Crippen molar-refractivity contribution < 1.29 is 4.79 Å². The number of nitrogen functional groups attached to an aromatic ring is 2. The summed E-state index contributed by atoms with van der Waals surface area (Å²) in [6.45, 7) is 1.29. The SMILES string of the molecule is Nc1nc(N)c(C(=O)NC2=NCCN2)nc1Cl. The Kier molecular flexibility index (Phi) is 2.96. The lowest BCUT2D eigenvalue weighted by Crippen LogP contribution is -2.39. The van der Waals surface area contributed by atoms with Crippen molar-refractivity contribution in [3.8, 4) is 0 Å². The normalized spacial score (nSPS) is 14.1. The van der Waals surface area contributed by atoms with Crippen molar-refractivity contribution in [3.05, 3.63) is 10.8 Å². The number of hydrogen-bond donors (Lipinski definition) is 4. The fourth-order valence-electron chi connectivity index (χ4n) is 1.26. The molecule has 1 aliphatic heterocycles. The first-order valence-corrected chi connectivity index (χ1v) is 5.14. The number of carbonyl (C=O) groups is 1. The number of aromatic nitrogens is 2. The second-order valence-electron chi connectivity index (χ2n) is 3.24. The third kappa shape index (κ3) is 2.36. The maximum atomic E-state index is 11.8. The number of nitrogens with two attached hydrogens (primary N) is 2. The summed E-state index contributed by atoms with van der Waals surface area (Å²) in [5.41, 5.74) is 10.8. The molecule has 1 aromatic heterocycles. The molecule has 2 rings (SSSR count). The van der Waals surface area contributed by atoms with E-state index in [0.717, 1.165) is 0 Å². The molecule has 0 spiro atoms. The number of halogens is 1. The third-order valence-corrected chi connectivity index (χ3v) is 2.30. The molecule has 90 valence electrons. The highest BCUT2D eigenvalue weighted by molar-refractivity contribution is 6.31. The van der Waals surface area contributed by atoms with Crippen molar-refractivity contribution in [1.82, 2.24) is 20.6 Å². The van der Waals surface area contributed by atoms with Gasteiger partial charge < -0.3 is 16.8 Å². The summed E-state index contributed by atoms with van der Waals surface area (Å²) in [6.07, 6.45) is 0. The molecule has 2 heterocycles. The Morgan fingerprint density at radius 3 is 2.76 bits per heavy atom. The maximum Gasteiger partial charge on any atom is 0.280 e. The van der Waals surface area contributed by atoms with Crippen molar-refractivity contribution in [1.29, 1.82) is 0 Å². The van der Waals surface area contributed by atoms with Gasteiger partial charge in [0.25, 0.3) is 5.91 Å². The number of rotatable bonds is 1. The highest BCUT2D eigenvalue weighted by Crippen LogP contribution is 2.17. The van der Waals surface area contributed by atoms with E-state index in [9.17, 15) is 4.79 Å². The van der Waals surface area contributed by atoms with E-state index in [1.807, 2.05) is 0 Å². The Hall–Kier alpha value is -2.09. The number of hydrogen-bond acceptors (Lipinski definition) is 7. The van der Waals surface area contributed by atoms with E-state index in [1.165, 1.54) is 0 Å². The zero-order valence-corrected chi connectivity index (χ0v) is 9.45. The molecule has 0 unspecified atom stereocenters. The number of nitrogens with one attached hydrogen (secondary N) is 2. The van der Waals surface area contributed by atoms with E-state index in [-0.39, 0.29) is 22.5 Å². The average Bonchev–Trinajstić information content (AvgIpc) is 2.76. The Labute approximate surface area is 101 Å². The minimum absolute atomic E-state index is 0.0166. The number of carbonyl (C=O) groups excluding carboxylic acids is 1. The second-order valence-corrected chi connectivity index (χ2v) is 3.60. The molecule has 1 aliphatic rings. The molecule has 0 bridgehead atoms. The standard InChI is InChI=1S/C8H10ClN7O/c9-4-6(11)15-5(10)3(14-4)7(17)16-8-12-1-2-13-8/h1-2H2,(H4,10,11,15)(H2,12,13,16,17). The van der Waals surface area contributed by atoms with Crippen LogP contribution >= 0.6 is 11.6 Å². The summed E-state index contributed by atoms with van der Waals surface area (Å²) in [5, 5.41) is 5.31. The van der Waals surface area contributed by atoms with Crippen molar-refractivity contribution in [2.75, 3.05) is 24.6 Å². The van der Waals surface area contributed by atoms with Crippen molar-refractivity contribution in [2.45, 2.75) is 0 Å². The van der Waals surface area contributed by atoms with Crippen LogP contribution in [-0.4, -0.2) is 34.9 Å². The Morgan fingerprint density at radius 2 is 2.12 bits per heavy atom. The summed E-state index contributed by atoms with van der Waals surface area (Å²) in [4.78, 5) is 23.2. The molecular formula is C8H10ClN7O. The van der Waals surface area contributed by atoms with Gasteiger partial charge in [0.05, 0.1) is 6.54 Å². The van der Waals surface area contributed by atoms with E-state index in [2.05, 4.69) is 25.6 Å². The van der Waals surface area contributed by atoms with Crippen LogP contribution in [0.15, 0.2) is 4.99 Å². The molecule has 6 N–H and O–H groups in total. The van der Waals surface area contributed by atoms with Gasteiger partial charge in [0.2, 0.25) is 0 Å². The molecule has 0 aromatic carbocycles. The van der Waals surface area contributed by atoms with Gasteiger partial charge in [0.15, 0.2) is 28.4 Å². The Morgan fingerprint density at radius 1 is 1.35 bits per heavy atom. The lowest BCUT2D eigenvalue weighted by Gasteiger charge is -2.07. The Bertz CT molecular complexity index is 501. The smallest absolute Gasteiger partial charge is 0.280 e. The molecule has 0 saturated heterocycles. The first-order valence-electron chi connectivity index (χ1n) is 4.76. The molecule has 0 atom stereocenters. The number of nitrogens with zero attached hydrogens (tertiary/aromatic N) is 3. The zero-order valence-electron chi connectivity index (χ0n) is 8.70. The van der Waals surface area contributed by atoms with Crippen LogP contribution in [0.4, 0.5) is 11.6 Å². The molecule has 0 radical (unpaired) electrons. The molecule has 1 aromatic rings. The van der Waals surface area contributed by atoms with Gasteiger partial charge in [-0.25, -0.2) is 9.97 Å². The largest absolute Gasteiger partial charge is 0.382 e. The molecular weight excluding hydrogens is 246 g/mol. The Balaban J connectivity index is 2.21. The number of amides is 1. The average molecular weight is 256 g/mol.